The molecule has 21 heavy (non-hydrogen) atoms. The molecule has 0 radical (unpaired) electrons. The van der Waals surface area contributed by atoms with Crippen LogP contribution in [0.25, 0.3) is 0 Å². The Morgan fingerprint density at radius 1 is 1.14 bits per heavy atom. The minimum Gasteiger partial charge on any atom is -0.365 e. The molecule has 0 saturated heterocycles. The van der Waals surface area contributed by atoms with Crippen molar-refractivity contribution in [2.45, 2.75) is 5.03 Å². The number of benzene rings is 1. The van der Waals surface area contributed by atoms with E-state index in [1.54, 1.807) is 12.5 Å². The molecule has 2 amide bonds. The number of thioether (sulfide) groups is 1. The molecular formula is C14H14N4O2S. The average Bonchev–Trinajstić information content (AvgIpc) is 2.85. The Morgan fingerprint density at radius 3 is 2.29 bits per heavy atom. The summed E-state index contributed by atoms with van der Waals surface area (Å²) in [7, 11) is 0. The number of hydrogen-bond donors (Lipinski definition) is 3. The van der Waals surface area contributed by atoms with Crippen molar-refractivity contribution in [3.05, 3.63) is 47.0 Å². The third-order valence-electron chi connectivity index (χ3n) is 2.79. The van der Waals surface area contributed by atoms with Gasteiger partial charge in [0.25, 0.3) is 11.8 Å². The van der Waals surface area contributed by atoms with Gasteiger partial charge in [0.2, 0.25) is 0 Å². The van der Waals surface area contributed by atoms with Crippen LogP contribution in [-0.4, -0.2) is 29.3 Å². The molecule has 2 aromatic rings. The summed E-state index contributed by atoms with van der Waals surface area (Å²) >= 11 is 1.26. The first-order valence-electron chi connectivity index (χ1n) is 6.03. The van der Waals surface area contributed by atoms with Crippen LogP contribution in [0.3, 0.4) is 0 Å². The predicted molar refractivity (Wildman–Crippen MR) is 83.3 cm³/mol. The Labute approximate surface area is 125 Å². The van der Waals surface area contributed by atoms with E-state index in [1.165, 1.54) is 11.8 Å². The second-order valence-electron chi connectivity index (χ2n) is 4.15. The van der Waals surface area contributed by atoms with E-state index >= 15 is 0 Å². The number of amides is 2. The SMILES string of the molecule is CSc1[nH]c(/N=C/c2ccccc2)c(C(N)=O)c1C(N)=O. The maximum atomic E-state index is 11.6. The molecule has 0 aliphatic heterocycles. The summed E-state index contributed by atoms with van der Waals surface area (Å²) in [6.45, 7) is 0. The van der Waals surface area contributed by atoms with Crippen LogP contribution in [0.2, 0.25) is 0 Å². The van der Waals surface area contributed by atoms with Crippen LogP contribution in [0.5, 0.6) is 0 Å². The largest absolute Gasteiger partial charge is 0.365 e. The number of carbonyl (C=O) groups excluding carboxylic acids is 2. The highest BCUT2D eigenvalue weighted by atomic mass is 32.2. The number of aliphatic imine (C=N–C) groups is 1. The minimum absolute atomic E-state index is 0.0130. The number of rotatable bonds is 5. The Bertz CT molecular complexity index is 707. The molecule has 0 atom stereocenters. The number of hydrogen-bond acceptors (Lipinski definition) is 4. The maximum Gasteiger partial charge on any atom is 0.253 e. The van der Waals surface area contributed by atoms with Gasteiger partial charge in [-0.2, -0.15) is 0 Å². The van der Waals surface area contributed by atoms with E-state index < -0.39 is 11.8 Å². The van der Waals surface area contributed by atoms with Crippen LogP contribution in [0.1, 0.15) is 26.3 Å². The zero-order valence-corrected chi connectivity index (χ0v) is 12.1. The van der Waals surface area contributed by atoms with Gasteiger partial charge < -0.3 is 16.5 Å². The van der Waals surface area contributed by atoms with Crippen molar-refractivity contribution < 1.29 is 9.59 Å². The van der Waals surface area contributed by atoms with Crippen LogP contribution in [-0.2, 0) is 0 Å². The highest BCUT2D eigenvalue weighted by Crippen LogP contribution is 2.30. The fraction of sp³-hybridized carbons (Fsp3) is 0.0714. The highest BCUT2D eigenvalue weighted by molar-refractivity contribution is 7.98. The molecule has 0 fully saturated rings. The van der Waals surface area contributed by atoms with Gasteiger partial charge in [-0.25, -0.2) is 4.99 Å². The van der Waals surface area contributed by atoms with Gasteiger partial charge in [-0.1, -0.05) is 30.3 Å². The zero-order valence-electron chi connectivity index (χ0n) is 11.3. The molecule has 2 rings (SSSR count). The molecule has 1 aromatic heterocycles. The first-order chi connectivity index (χ1) is 10.0. The normalized spacial score (nSPS) is 10.9. The fourth-order valence-corrected chi connectivity index (χ4v) is 2.47. The molecule has 0 aliphatic rings. The molecule has 0 bridgehead atoms. The lowest BCUT2D eigenvalue weighted by atomic mass is 10.1. The van der Waals surface area contributed by atoms with E-state index in [-0.39, 0.29) is 16.9 Å². The van der Waals surface area contributed by atoms with Crippen molar-refractivity contribution in [3.63, 3.8) is 0 Å². The van der Waals surface area contributed by atoms with Crippen molar-refractivity contribution in [1.82, 2.24) is 4.98 Å². The lowest BCUT2D eigenvalue weighted by Crippen LogP contribution is -2.19. The van der Waals surface area contributed by atoms with Gasteiger partial charge in [-0.05, 0) is 11.8 Å². The van der Waals surface area contributed by atoms with Crippen molar-refractivity contribution >= 4 is 35.6 Å². The third-order valence-corrected chi connectivity index (χ3v) is 3.50. The van der Waals surface area contributed by atoms with Crippen molar-refractivity contribution in [2.75, 3.05) is 6.26 Å². The molecular weight excluding hydrogens is 288 g/mol. The predicted octanol–water partition coefficient (Wildman–Crippen LogP) is 1.68. The highest BCUT2D eigenvalue weighted by Gasteiger charge is 2.24. The molecule has 7 heteroatoms. The Morgan fingerprint density at radius 2 is 1.76 bits per heavy atom. The molecule has 1 aromatic carbocycles. The van der Waals surface area contributed by atoms with Crippen LogP contribution in [0, 0.1) is 0 Å². The van der Waals surface area contributed by atoms with E-state index in [4.69, 9.17) is 11.5 Å². The monoisotopic (exact) mass is 302 g/mol. The lowest BCUT2D eigenvalue weighted by molar-refractivity contribution is 0.0966. The summed E-state index contributed by atoms with van der Waals surface area (Å²) < 4.78 is 0. The molecule has 0 unspecified atom stereocenters. The Hall–Kier alpha value is -2.54. The summed E-state index contributed by atoms with van der Waals surface area (Å²) in [6.07, 6.45) is 3.33. The third kappa shape index (κ3) is 3.14. The van der Waals surface area contributed by atoms with Crippen LogP contribution in [0.15, 0.2) is 40.4 Å². The fourth-order valence-electron chi connectivity index (χ4n) is 1.87. The first-order valence-corrected chi connectivity index (χ1v) is 7.25. The van der Waals surface area contributed by atoms with E-state index in [9.17, 15) is 9.59 Å². The second-order valence-corrected chi connectivity index (χ2v) is 4.97. The molecule has 0 aliphatic carbocycles. The number of aromatic amines is 1. The van der Waals surface area contributed by atoms with Crippen molar-refractivity contribution in [1.29, 1.82) is 0 Å². The van der Waals surface area contributed by atoms with Crippen LogP contribution >= 0.6 is 11.8 Å². The minimum atomic E-state index is -0.749. The summed E-state index contributed by atoms with van der Waals surface area (Å²) in [5.74, 6) is -1.24. The maximum absolute atomic E-state index is 11.6. The zero-order chi connectivity index (χ0) is 15.4. The summed E-state index contributed by atoms with van der Waals surface area (Å²) in [6, 6.07) is 9.35. The van der Waals surface area contributed by atoms with Gasteiger partial charge >= 0.3 is 0 Å². The second kappa shape index (κ2) is 6.27. The first kappa shape index (κ1) is 14.9. The number of carbonyl (C=O) groups is 2. The molecule has 0 spiro atoms. The van der Waals surface area contributed by atoms with Gasteiger partial charge in [0.15, 0.2) is 0 Å². The van der Waals surface area contributed by atoms with E-state index in [0.29, 0.717) is 5.03 Å². The van der Waals surface area contributed by atoms with Crippen LogP contribution < -0.4 is 11.5 Å². The quantitative estimate of drug-likeness (QED) is 0.576. The van der Waals surface area contributed by atoms with Gasteiger partial charge in [-0.3, -0.25) is 9.59 Å². The number of primary amides is 2. The number of nitrogens with one attached hydrogen (secondary N) is 1. The summed E-state index contributed by atoms with van der Waals surface area (Å²) in [5.41, 5.74) is 11.6. The molecule has 1 heterocycles. The average molecular weight is 302 g/mol. The number of nitrogens with two attached hydrogens (primary N) is 2. The van der Waals surface area contributed by atoms with Crippen molar-refractivity contribution in [2.24, 2.45) is 16.5 Å². The van der Waals surface area contributed by atoms with Gasteiger partial charge in [0.1, 0.15) is 5.82 Å². The van der Waals surface area contributed by atoms with Gasteiger partial charge in [-0.15, -0.1) is 11.8 Å². The molecule has 108 valence electrons. The van der Waals surface area contributed by atoms with Gasteiger partial charge in [0.05, 0.1) is 16.2 Å². The Balaban J connectivity index is 2.51. The molecule has 5 N–H and O–H groups in total. The van der Waals surface area contributed by atoms with E-state index in [1.807, 2.05) is 30.3 Å². The molecule has 6 nitrogen and oxygen atoms in total. The smallest absolute Gasteiger partial charge is 0.253 e. The number of aromatic nitrogens is 1. The molecule has 0 saturated carbocycles. The van der Waals surface area contributed by atoms with Crippen molar-refractivity contribution in [3.8, 4) is 0 Å². The number of H-pyrrole nitrogens is 1. The standard InChI is InChI=1S/C14H14N4O2S/c1-21-14-10(12(16)20)9(11(15)19)13(18-14)17-7-8-5-3-2-4-6-8/h2-7,18H,1H3,(H2,15,19)(H2,16,20)/b17-7+. The van der Waals surface area contributed by atoms with Crippen LogP contribution in [0.4, 0.5) is 5.82 Å². The number of nitrogens with zero attached hydrogens (tertiary/aromatic N) is 1. The summed E-state index contributed by atoms with van der Waals surface area (Å²) in [4.78, 5) is 30.2. The lowest BCUT2D eigenvalue weighted by Gasteiger charge is -1.98. The topological polar surface area (TPSA) is 114 Å². The summed E-state index contributed by atoms with van der Waals surface area (Å²) in [5, 5.41) is 0.469. The van der Waals surface area contributed by atoms with E-state index in [2.05, 4.69) is 9.98 Å². The van der Waals surface area contributed by atoms with Gasteiger partial charge in [0, 0.05) is 6.21 Å². The Kier molecular flexibility index (Phi) is 4.44. The van der Waals surface area contributed by atoms with E-state index in [0.717, 1.165) is 5.56 Å².